The van der Waals surface area contributed by atoms with Gasteiger partial charge in [-0.25, -0.2) is 0 Å². The van der Waals surface area contributed by atoms with Gasteiger partial charge in [-0.3, -0.25) is 4.79 Å². The highest BCUT2D eigenvalue weighted by molar-refractivity contribution is 9.10. The molecule has 19 heavy (non-hydrogen) atoms. The predicted octanol–water partition coefficient (Wildman–Crippen LogP) is 3.26. The van der Waals surface area contributed by atoms with E-state index in [0.717, 1.165) is 22.6 Å². The monoisotopic (exact) mass is 325 g/mol. The van der Waals surface area contributed by atoms with Crippen LogP contribution in [0.25, 0.3) is 0 Å². The quantitative estimate of drug-likeness (QED) is 0.751. The van der Waals surface area contributed by atoms with Gasteiger partial charge >= 0.3 is 0 Å². The van der Waals surface area contributed by atoms with E-state index in [0.29, 0.717) is 18.7 Å². The second-order valence-electron chi connectivity index (χ2n) is 5.23. The predicted molar refractivity (Wildman–Crippen MR) is 79.4 cm³/mol. The van der Waals surface area contributed by atoms with Crippen molar-refractivity contribution in [3.63, 3.8) is 0 Å². The molecule has 1 amide bonds. The van der Waals surface area contributed by atoms with Crippen molar-refractivity contribution < 1.29 is 9.53 Å². The minimum absolute atomic E-state index is 0.0330. The number of benzene rings is 1. The summed E-state index contributed by atoms with van der Waals surface area (Å²) < 4.78 is 6.40. The van der Waals surface area contributed by atoms with Crippen LogP contribution in [0.3, 0.4) is 0 Å². The molecule has 1 aliphatic rings. The third-order valence-corrected chi connectivity index (χ3v) is 4.01. The van der Waals surface area contributed by atoms with Crippen LogP contribution < -0.4 is 0 Å². The first-order chi connectivity index (χ1) is 9.08. The highest BCUT2D eigenvalue weighted by atomic mass is 79.9. The molecule has 4 heteroatoms. The Balaban J connectivity index is 1.84. The molecule has 104 valence electrons. The van der Waals surface area contributed by atoms with Crippen LogP contribution in [0.2, 0.25) is 0 Å². The van der Waals surface area contributed by atoms with Crippen molar-refractivity contribution in [1.29, 1.82) is 0 Å². The van der Waals surface area contributed by atoms with Crippen LogP contribution in [-0.2, 0) is 4.74 Å². The minimum Gasteiger partial charge on any atom is -0.379 e. The fourth-order valence-electron chi connectivity index (χ4n) is 1.85. The van der Waals surface area contributed by atoms with Crippen molar-refractivity contribution in [2.45, 2.75) is 19.8 Å². The smallest absolute Gasteiger partial charge is 0.254 e. The van der Waals surface area contributed by atoms with Crippen molar-refractivity contribution in [2.75, 3.05) is 26.8 Å². The van der Waals surface area contributed by atoms with E-state index >= 15 is 0 Å². The number of likely N-dealkylation sites (N-methyl/N-ethyl adjacent to an activating group) is 1. The lowest BCUT2D eigenvalue weighted by Crippen LogP contribution is -2.30. The van der Waals surface area contributed by atoms with Gasteiger partial charge in [0.2, 0.25) is 0 Å². The molecular weight excluding hydrogens is 306 g/mol. The first kappa shape index (κ1) is 14.5. The van der Waals surface area contributed by atoms with Gasteiger partial charge in [0.25, 0.3) is 5.91 Å². The zero-order chi connectivity index (χ0) is 13.8. The summed E-state index contributed by atoms with van der Waals surface area (Å²) >= 11 is 3.43. The summed E-state index contributed by atoms with van der Waals surface area (Å²) in [5.41, 5.74) is 1.80. The third-order valence-electron chi connectivity index (χ3n) is 3.32. The lowest BCUT2D eigenvalue weighted by Gasteiger charge is -2.18. The maximum Gasteiger partial charge on any atom is 0.254 e. The summed E-state index contributed by atoms with van der Waals surface area (Å²) in [6.45, 7) is 4.08. The average Bonchev–Trinajstić information content (AvgIpc) is 3.20. The Morgan fingerprint density at radius 3 is 2.89 bits per heavy atom. The molecule has 0 unspecified atom stereocenters. The first-order valence-electron chi connectivity index (χ1n) is 6.67. The molecule has 0 radical (unpaired) electrons. The highest BCUT2D eigenvalue weighted by Gasteiger charge is 2.21. The molecule has 1 aromatic carbocycles. The topological polar surface area (TPSA) is 29.5 Å². The van der Waals surface area contributed by atoms with Gasteiger partial charge in [0.1, 0.15) is 0 Å². The lowest BCUT2D eigenvalue weighted by molar-refractivity contribution is 0.0680. The van der Waals surface area contributed by atoms with E-state index in [9.17, 15) is 4.79 Å². The van der Waals surface area contributed by atoms with E-state index < -0.39 is 0 Å². The number of hydrogen-bond acceptors (Lipinski definition) is 2. The van der Waals surface area contributed by atoms with Crippen molar-refractivity contribution in [3.05, 3.63) is 33.8 Å². The molecule has 1 fully saturated rings. The number of carbonyl (C=O) groups excluding carboxylic acids is 1. The van der Waals surface area contributed by atoms with E-state index in [1.165, 1.54) is 12.8 Å². The normalized spacial score (nSPS) is 14.5. The molecule has 3 nitrogen and oxygen atoms in total. The van der Waals surface area contributed by atoms with Gasteiger partial charge < -0.3 is 9.64 Å². The number of nitrogens with zero attached hydrogens (tertiary/aromatic N) is 1. The molecule has 0 aromatic heterocycles. The van der Waals surface area contributed by atoms with Crippen LogP contribution in [-0.4, -0.2) is 37.6 Å². The molecule has 0 N–H and O–H groups in total. The summed E-state index contributed by atoms with van der Waals surface area (Å²) in [5, 5.41) is 0. The number of carbonyl (C=O) groups is 1. The molecule has 1 aliphatic carbocycles. The number of rotatable bonds is 6. The molecule has 1 saturated carbocycles. The molecule has 0 saturated heterocycles. The first-order valence-corrected chi connectivity index (χ1v) is 7.46. The Kier molecular flexibility index (Phi) is 4.99. The van der Waals surface area contributed by atoms with Gasteiger partial charge in [-0.2, -0.15) is 0 Å². The highest BCUT2D eigenvalue weighted by Crippen LogP contribution is 2.28. The van der Waals surface area contributed by atoms with Crippen LogP contribution in [0.1, 0.15) is 28.8 Å². The fraction of sp³-hybridized carbons (Fsp3) is 0.533. The number of aryl methyl sites for hydroxylation is 1. The number of amides is 1. The molecule has 0 spiro atoms. The van der Waals surface area contributed by atoms with Gasteiger partial charge in [0.15, 0.2) is 0 Å². The SMILES string of the molecule is Cc1ccc(Br)c(C(=O)N(C)CCOCC2CC2)c1. The average molecular weight is 326 g/mol. The molecule has 0 aliphatic heterocycles. The van der Waals surface area contributed by atoms with Gasteiger partial charge in [-0.05, 0) is 53.7 Å². The van der Waals surface area contributed by atoms with E-state index in [1.54, 1.807) is 4.90 Å². The molecule has 0 bridgehead atoms. The summed E-state index contributed by atoms with van der Waals surface area (Å²) in [7, 11) is 1.82. The van der Waals surface area contributed by atoms with Gasteiger partial charge in [0.05, 0.1) is 12.2 Å². The largest absolute Gasteiger partial charge is 0.379 e. The molecule has 0 atom stereocenters. The Hall–Kier alpha value is -0.870. The number of ether oxygens (including phenoxy) is 1. The minimum atomic E-state index is 0.0330. The van der Waals surface area contributed by atoms with Crippen LogP contribution >= 0.6 is 15.9 Å². The Bertz CT molecular complexity index is 457. The standard InChI is InChI=1S/C15H20BrNO2/c1-11-3-6-14(16)13(9-11)15(18)17(2)7-8-19-10-12-4-5-12/h3,6,9,12H,4-5,7-8,10H2,1-2H3. The van der Waals surface area contributed by atoms with E-state index in [2.05, 4.69) is 15.9 Å². The van der Waals surface area contributed by atoms with Crippen molar-refractivity contribution in [2.24, 2.45) is 5.92 Å². The summed E-state index contributed by atoms with van der Waals surface area (Å²) in [6, 6.07) is 5.81. The second kappa shape index (κ2) is 6.53. The Labute approximate surface area is 123 Å². The zero-order valence-corrected chi connectivity index (χ0v) is 13.1. The van der Waals surface area contributed by atoms with Crippen molar-refractivity contribution in [1.82, 2.24) is 4.90 Å². The van der Waals surface area contributed by atoms with Crippen LogP contribution in [0, 0.1) is 12.8 Å². The van der Waals surface area contributed by atoms with Crippen LogP contribution in [0.15, 0.2) is 22.7 Å². The van der Waals surface area contributed by atoms with Crippen molar-refractivity contribution in [3.8, 4) is 0 Å². The second-order valence-corrected chi connectivity index (χ2v) is 6.08. The maximum atomic E-state index is 12.3. The molecule has 1 aromatic rings. The van der Waals surface area contributed by atoms with Gasteiger partial charge in [-0.1, -0.05) is 11.6 Å². The van der Waals surface area contributed by atoms with E-state index in [1.807, 2.05) is 32.2 Å². The van der Waals surface area contributed by atoms with Gasteiger partial charge in [0, 0.05) is 24.7 Å². The van der Waals surface area contributed by atoms with Crippen molar-refractivity contribution >= 4 is 21.8 Å². The molecule has 0 heterocycles. The summed E-state index contributed by atoms with van der Waals surface area (Å²) in [4.78, 5) is 14.0. The Morgan fingerprint density at radius 1 is 1.47 bits per heavy atom. The molecular formula is C15H20BrNO2. The van der Waals surface area contributed by atoms with Crippen LogP contribution in [0.4, 0.5) is 0 Å². The maximum absolute atomic E-state index is 12.3. The third kappa shape index (κ3) is 4.32. The van der Waals surface area contributed by atoms with Gasteiger partial charge in [-0.15, -0.1) is 0 Å². The summed E-state index contributed by atoms with van der Waals surface area (Å²) in [5.74, 6) is 0.803. The number of hydrogen-bond donors (Lipinski definition) is 0. The number of halogens is 1. The van der Waals surface area contributed by atoms with E-state index in [4.69, 9.17) is 4.74 Å². The summed E-state index contributed by atoms with van der Waals surface area (Å²) in [6.07, 6.45) is 2.59. The zero-order valence-electron chi connectivity index (χ0n) is 11.5. The lowest BCUT2D eigenvalue weighted by atomic mass is 10.1. The fourth-order valence-corrected chi connectivity index (χ4v) is 2.26. The van der Waals surface area contributed by atoms with E-state index in [-0.39, 0.29) is 5.91 Å². The molecule has 2 rings (SSSR count). The Morgan fingerprint density at radius 2 is 2.21 bits per heavy atom. The van der Waals surface area contributed by atoms with Crippen LogP contribution in [0.5, 0.6) is 0 Å².